The summed E-state index contributed by atoms with van der Waals surface area (Å²) in [5.74, 6) is 1.99. The van der Waals surface area contributed by atoms with E-state index in [1.54, 1.807) is 0 Å². The van der Waals surface area contributed by atoms with E-state index in [4.69, 9.17) is 9.47 Å². The predicted molar refractivity (Wildman–Crippen MR) is 78.3 cm³/mol. The molecule has 108 valence electrons. The van der Waals surface area contributed by atoms with E-state index < -0.39 is 5.79 Å². The van der Waals surface area contributed by atoms with Gasteiger partial charge in [-0.15, -0.1) is 0 Å². The molecule has 4 heterocycles. The van der Waals surface area contributed by atoms with Gasteiger partial charge in [-0.2, -0.15) is 0 Å². The zero-order valence-electron chi connectivity index (χ0n) is 12.6. The molecule has 0 saturated carbocycles. The van der Waals surface area contributed by atoms with Crippen LogP contribution in [-0.4, -0.2) is 30.3 Å². The lowest BCUT2D eigenvalue weighted by Crippen LogP contribution is -2.63. The Bertz CT molecular complexity index is 540. The molecule has 1 atom stereocenters. The summed E-state index contributed by atoms with van der Waals surface area (Å²) in [6, 6.07) is 6.42. The molecule has 0 N–H and O–H groups in total. The van der Waals surface area contributed by atoms with E-state index in [0.29, 0.717) is 5.92 Å². The maximum absolute atomic E-state index is 6.34. The average Bonchev–Trinajstić information content (AvgIpc) is 2.75. The van der Waals surface area contributed by atoms with Gasteiger partial charge in [-0.1, -0.05) is 26.8 Å². The maximum Gasteiger partial charge on any atom is 0.267 e. The van der Waals surface area contributed by atoms with Gasteiger partial charge in [-0.05, 0) is 49.0 Å². The van der Waals surface area contributed by atoms with E-state index in [-0.39, 0.29) is 5.41 Å². The second kappa shape index (κ2) is 3.91. The fourth-order valence-electron chi connectivity index (χ4n) is 3.73. The van der Waals surface area contributed by atoms with Gasteiger partial charge in [-0.3, -0.25) is 4.90 Å². The molecule has 1 aromatic rings. The van der Waals surface area contributed by atoms with Crippen LogP contribution in [0.2, 0.25) is 0 Å². The summed E-state index contributed by atoms with van der Waals surface area (Å²) in [6.45, 7) is 10.0. The van der Waals surface area contributed by atoms with E-state index in [0.717, 1.165) is 18.0 Å². The Morgan fingerprint density at radius 1 is 1.10 bits per heavy atom. The Kier molecular flexibility index (Phi) is 2.45. The van der Waals surface area contributed by atoms with Crippen LogP contribution in [0.1, 0.15) is 39.2 Å². The highest BCUT2D eigenvalue weighted by Gasteiger charge is 2.54. The maximum atomic E-state index is 6.34. The molecule has 2 bridgehead atoms. The van der Waals surface area contributed by atoms with E-state index in [2.05, 4.69) is 43.9 Å². The molecular formula is C17H23NO2. The highest BCUT2D eigenvalue weighted by atomic mass is 16.7. The van der Waals surface area contributed by atoms with Crippen molar-refractivity contribution >= 4 is 0 Å². The summed E-state index contributed by atoms with van der Waals surface area (Å²) >= 11 is 0. The molecule has 1 aromatic carbocycles. The van der Waals surface area contributed by atoms with Crippen molar-refractivity contribution < 1.29 is 9.47 Å². The SMILES string of the molecule is CC(C)(C)c1ccc2c(c1)OC1(CN3CCC1CC3)O2. The third-order valence-electron chi connectivity index (χ3n) is 5.03. The molecule has 5 rings (SSSR count). The summed E-state index contributed by atoms with van der Waals surface area (Å²) in [5.41, 5.74) is 1.45. The fourth-order valence-corrected chi connectivity index (χ4v) is 3.73. The second-order valence-corrected chi connectivity index (χ2v) is 7.48. The first-order valence-corrected chi connectivity index (χ1v) is 7.71. The van der Waals surface area contributed by atoms with Crippen LogP contribution in [0.4, 0.5) is 0 Å². The lowest BCUT2D eigenvalue weighted by atomic mass is 9.83. The van der Waals surface area contributed by atoms with Crippen LogP contribution in [0.25, 0.3) is 0 Å². The minimum absolute atomic E-state index is 0.142. The number of fused-ring (bicyclic) bond motifs is 3. The molecule has 3 nitrogen and oxygen atoms in total. The fraction of sp³-hybridized carbons (Fsp3) is 0.647. The Balaban J connectivity index is 1.67. The molecule has 3 heteroatoms. The van der Waals surface area contributed by atoms with Crippen LogP contribution < -0.4 is 9.47 Å². The van der Waals surface area contributed by atoms with Gasteiger partial charge in [0.15, 0.2) is 11.5 Å². The summed E-state index contributed by atoms with van der Waals surface area (Å²) in [5, 5.41) is 0. The minimum Gasteiger partial charge on any atom is -0.447 e. The molecule has 0 aromatic heterocycles. The van der Waals surface area contributed by atoms with Gasteiger partial charge in [-0.25, -0.2) is 0 Å². The van der Waals surface area contributed by atoms with E-state index in [1.165, 1.54) is 31.5 Å². The number of hydrogen-bond acceptors (Lipinski definition) is 3. The van der Waals surface area contributed by atoms with Gasteiger partial charge < -0.3 is 9.47 Å². The highest BCUT2D eigenvalue weighted by Crippen LogP contribution is 2.49. The molecule has 4 aliphatic heterocycles. The van der Waals surface area contributed by atoms with Crippen molar-refractivity contribution in [3.8, 4) is 11.5 Å². The summed E-state index contributed by atoms with van der Waals surface area (Å²) in [4.78, 5) is 2.47. The molecule has 3 fully saturated rings. The zero-order chi connectivity index (χ0) is 14.0. The molecule has 3 saturated heterocycles. The van der Waals surface area contributed by atoms with Gasteiger partial charge in [0.25, 0.3) is 5.79 Å². The van der Waals surface area contributed by atoms with Crippen LogP contribution in [-0.2, 0) is 5.41 Å². The topological polar surface area (TPSA) is 21.7 Å². The van der Waals surface area contributed by atoms with Gasteiger partial charge >= 0.3 is 0 Å². The average molecular weight is 273 g/mol. The second-order valence-electron chi connectivity index (χ2n) is 7.48. The van der Waals surface area contributed by atoms with Gasteiger partial charge in [0.1, 0.15) is 0 Å². The van der Waals surface area contributed by atoms with Gasteiger partial charge in [0.2, 0.25) is 0 Å². The molecule has 1 spiro atoms. The van der Waals surface area contributed by atoms with Crippen LogP contribution in [0.3, 0.4) is 0 Å². The Morgan fingerprint density at radius 3 is 2.40 bits per heavy atom. The van der Waals surface area contributed by atoms with E-state index in [1.807, 2.05) is 0 Å². The van der Waals surface area contributed by atoms with Crippen molar-refractivity contribution in [2.24, 2.45) is 5.92 Å². The third-order valence-corrected chi connectivity index (χ3v) is 5.03. The molecule has 0 radical (unpaired) electrons. The molecule has 1 unspecified atom stereocenters. The Hall–Kier alpha value is -1.22. The molecule has 4 aliphatic rings. The molecule has 0 aliphatic carbocycles. The predicted octanol–water partition coefficient (Wildman–Crippen LogP) is 3.18. The van der Waals surface area contributed by atoms with Crippen LogP contribution in [0.5, 0.6) is 11.5 Å². The van der Waals surface area contributed by atoms with Crippen LogP contribution in [0, 0.1) is 5.92 Å². The number of benzene rings is 1. The van der Waals surface area contributed by atoms with Crippen molar-refractivity contribution in [1.82, 2.24) is 4.90 Å². The van der Waals surface area contributed by atoms with E-state index in [9.17, 15) is 0 Å². The first-order chi connectivity index (χ1) is 9.46. The number of ether oxygens (including phenoxy) is 2. The standard InChI is InChI=1S/C17H23NO2/c1-16(2,3)13-4-5-14-15(10-13)20-17(19-14)11-18-8-6-12(17)7-9-18/h4-5,10,12H,6-9,11H2,1-3H3. The minimum atomic E-state index is -0.407. The number of nitrogens with zero attached hydrogens (tertiary/aromatic N) is 1. The monoisotopic (exact) mass is 273 g/mol. The third kappa shape index (κ3) is 1.76. The number of rotatable bonds is 0. The van der Waals surface area contributed by atoms with Crippen molar-refractivity contribution in [2.75, 3.05) is 19.6 Å². The van der Waals surface area contributed by atoms with Crippen LogP contribution in [0.15, 0.2) is 18.2 Å². The van der Waals surface area contributed by atoms with Crippen molar-refractivity contribution in [3.05, 3.63) is 23.8 Å². The van der Waals surface area contributed by atoms with Gasteiger partial charge in [0, 0.05) is 5.92 Å². The van der Waals surface area contributed by atoms with Crippen molar-refractivity contribution in [1.29, 1.82) is 0 Å². The van der Waals surface area contributed by atoms with Gasteiger partial charge in [0.05, 0.1) is 6.54 Å². The lowest BCUT2D eigenvalue weighted by Gasteiger charge is -2.48. The summed E-state index contributed by atoms with van der Waals surface area (Å²) in [6.07, 6.45) is 2.39. The quantitative estimate of drug-likeness (QED) is 0.724. The zero-order valence-corrected chi connectivity index (χ0v) is 12.6. The number of hydrogen-bond donors (Lipinski definition) is 0. The smallest absolute Gasteiger partial charge is 0.267 e. The molecule has 20 heavy (non-hydrogen) atoms. The molecule has 0 amide bonds. The summed E-state index contributed by atoms with van der Waals surface area (Å²) < 4.78 is 12.6. The Labute approximate surface area is 120 Å². The largest absolute Gasteiger partial charge is 0.447 e. The van der Waals surface area contributed by atoms with Crippen LogP contribution >= 0.6 is 0 Å². The summed E-state index contributed by atoms with van der Waals surface area (Å²) in [7, 11) is 0. The first-order valence-electron chi connectivity index (χ1n) is 7.71. The van der Waals surface area contributed by atoms with Crippen molar-refractivity contribution in [3.63, 3.8) is 0 Å². The lowest BCUT2D eigenvalue weighted by molar-refractivity contribution is -0.189. The first kappa shape index (κ1) is 12.5. The Morgan fingerprint density at radius 2 is 1.80 bits per heavy atom. The highest BCUT2D eigenvalue weighted by molar-refractivity contribution is 5.48. The normalized spacial score (nSPS) is 34.8. The van der Waals surface area contributed by atoms with E-state index >= 15 is 0 Å². The van der Waals surface area contributed by atoms with Crippen molar-refractivity contribution in [2.45, 2.75) is 44.8 Å². The number of piperidine rings is 3. The molecular weight excluding hydrogens is 250 g/mol.